The molecule has 0 aromatic heterocycles. The van der Waals surface area contributed by atoms with E-state index in [1.165, 1.54) is 59.2 Å². The molecule has 18 heteroatoms. The van der Waals surface area contributed by atoms with Gasteiger partial charge in [-0.25, -0.2) is 55.9 Å². The first-order valence-electron chi connectivity index (χ1n) is 14.8. The maximum Gasteiger partial charge on any atom is 3.00 e. The molecule has 4 aromatic rings. The molecule has 1 aliphatic carbocycles. The molecule has 52 heavy (non-hydrogen) atoms. The van der Waals surface area contributed by atoms with E-state index in [1.54, 1.807) is 0 Å². The van der Waals surface area contributed by atoms with Gasteiger partial charge in [-0.1, -0.05) is 146 Å². The number of hydrogen-bond donors (Lipinski definition) is 0. The van der Waals surface area contributed by atoms with Crippen LogP contribution in [0.4, 0.5) is 0 Å². The van der Waals surface area contributed by atoms with Crippen molar-refractivity contribution in [2.75, 3.05) is 12.3 Å². The molecule has 0 spiro atoms. The van der Waals surface area contributed by atoms with Gasteiger partial charge < -0.3 is 0 Å². The predicted octanol–water partition coefficient (Wildman–Crippen LogP) is -6.35. The molecule has 0 atom stereocenters. The zero-order valence-corrected chi connectivity index (χ0v) is 33.1. The fraction of sp³-hybridized carbons (Fsp3) is 0.176. The summed E-state index contributed by atoms with van der Waals surface area (Å²) in [6, 6.07) is 44.2. The standard InChI is InChI=1S/C26H24P2.C8H12.3ClHO4.Rh/c1-5-13-23(14-6-1)27(24-15-7-2-8-16-24)21-22-28(25-17-9-3-10-18-25)26-19-11-4-12-20-26;1-2-4-6-8-7-5-3-1;3*2-1(3,4)5;/h1-20H,21-22H2;1-2,7-8H,3-6H2;3*(H,2,3,4,5);/q;;;;;+3/p-3/b;2-1-,8-7-;;;;. The Balaban J connectivity index is 0.000000882. The van der Waals surface area contributed by atoms with E-state index >= 15 is 0 Å². The van der Waals surface area contributed by atoms with Crippen LogP contribution in [0.2, 0.25) is 0 Å². The summed E-state index contributed by atoms with van der Waals surface area (Å²) < 4.78 is 102. The number of hydrogen-bond acceptors (Lipinski definition) is 12. The molecule has 5 rings (SSSR count). The van der Waals surface area contributed by atoms with E-state index < -0.39 is 30.7 Å². The van der Waals surface area contributed by atoms with E-state index in [4.69, 9.17) is 55.9 Å². The Bertz CT molecular complexity index is 1260. The number of halogens is 3. The Morgan fingerprint density at radius 1 is 0.327 bits per heavy atom. The van der Waals surface area contributed by atoms with Gasteiger partial charge in [0.05, 0.1) is 0 Å². The minimum Gasteiger partial charge on any atom is -0.222 e. The van der Waals surface area contributed by atoms with Crippen LogP contribution < -0.4 is 77.1 Å². The van der Waals surface area contributed by atoms with E-state index in [0.717, 1.165) is 0 Å². The Morgan fingerprint density at radius 2 is 0.481 bits per heavy atom. The summed E-state index contributed by atoms with van der Waals surface area (Å²) in [5.41, 5.74) is 0. The summed E-state index contributed by atoms with van der Waals surface area (Å²) >= 11 is 0. The monoisotopic (exact) mass is 906 g/mol. The number of rotatable bonds is 7. The molecule has 0 saturated carbocycles. The van der Waals surface area contributed by atoms with Crippen LogP contribution in [0.5, 0.6) is 0 Å². The Hall–Kier alpha value is -1.77. The van der Waals surface area contributed by atoms with Crippen LogP contribution in [0.25, 0.3) is 0 Å². The van der Waals surface area contributed by atoms with Crippen molar-refractivity contribution in [1.29, 1.82) is 0 Å². The van der Waals surface area contributed by atoms with Crippen LogP contribution in [0.1, 0.15) is 25.7 Å². The SMILES string of the molecule is C1=C\CC/C=C\CC/1.[O-][Cl+3]([O-])([O-])[O-].[O-][Cl+3]([O-])([O-])[O-].[O-][Cl+3]([O-])([O-])[O-].[Rh+3].c1ccc(P(CCP(c2ccccc2)c2ccccc2)c2ccccc2)cc1. The van der Waals surface area contributed by atoms with Gasteiger partial charge in [-0.15, -0.1) is 30.7 Å². The maximum absolute atomic E-state index is 8.49. The Morgan fingerprint density at radius 3 is 0.635 bits per heavy atom. The summed E-state index contributed by atoms with van der Waals surface area (Å²) in [6.07, 6.45) is 16.4. The van der Waals surface area contributed by atoms with Gasteiger partial charge in [0.2, 0.25) is 0 Å². The van der Waals surface area contributed by atoms with Gasteiger partial charge in [0.1, 0.15) is 0 Å². The van der Waals surface area contributed by atoms with Gasteiger partial charge in [-0.05, 0) is 75.1 Å². The molecule has 0 heterocycles. The van der Waals surface area contributed by atoms with Crippen LogP contribution in [0.15, 0.2) is 146 Å². The second kappa shape index (κ2) is 27.8. The topological polar surface area (TPSA) is 277 Å². The summed E-state index contributed by atoms with van der Waals surface area (Å²) in [5.74, 6) is 0. The van der Waals surface area contributed by atoms with E-state index in [0.29, 0.717) is 0 Å². The molecule has 0 aliphatic heterocycles. The Kier molecular flexibility index (Phi) is 26.8. The quantitative estimate of drug-likeness (QED) is 0.0952. The van der Waals surface area contributed by atoms with E-state index in [1.807, 2.05) is 0 Å². The molecule has 12 nitrogen and oxygen atoms in total. The van der Waals surface area contributed by atoms with Crippen LogP contribution in [-0.2, 0) is 19.5 Å². The van der Waals surface area contributed by atoms with E-state index in [2.05, 4.69) is 146 Å². The van der Waals surface area contributed by atoms with Crippen LogP contribution in [-0.4, -0.2) is 12.3 Å². The van der Waals surface area contributed by atoms with Crippen molar-refractivity contribution in [2.45, 2.75) is 25.7 Å². The molecule has 0 fully saturated rings. The zero-order chi connectivity index (χ0) is 38.2. The first-order chi connectivity index (χ1) is 23.9. The van der Waals surface area contributed by atoms with Gasteiger partial charge in [-0.2, -0.15) is 0 Å². The second-order valence-electron chi connectivity index (χ2n) is 9.88. The molecular formula is C34H36Cl3O12P2Rh. The van der Waals surface area contributed by atoms with Crippen molar-refractivity contribution in [2.24, 2.45) is 0 Å². The van der Waals surface area contributed by atoms with Crippen LogP contribution in [0, 0.1) is 30.7 Å². The van der Waals surface area contributed by atoms with Gasteiger partial charge >= 0.3 is 19.5 Å². The molecule has 0 amide bonds. The molecule has 4 aromatic carbocycles. The van der Waals surface area contributed by atoms with Crippen molar-refractivity contribution in [3.8, 4) is 0 Å². The van der Waals surface area contributed by atoms with Crippen molar-refractivity contribution in [1.82, 2.24) is 0 Å². The average Bonchev–Trinajstić information content (AvgIpc) is 3.03. The molecule has 1 aliphatic rings. The minimum absolute atomic E-state index is 0. The van der Waals surface area contributed by atoms with Gasteiger partial charge in [0.25, 0.3) is 0 Å². The summed E-state index contributed by atoms with van der Waals surface area (Å²) in [6.45, 7) is 0. The van der Waals surface area contributed by atoms with Gasteiger partial charge in [-0.3, -0.25) is 0 Å². The molecule has 0 saturated heterocycles. The van der Waals surface area contributed by atoms with Crippen molar-refractivity contribution in [3.05, 3.63) is 146 Å². The molecule has 284 valence electrons. The largest absolute Gasteiger partial charge is 3.00 e. The second-order valence-corrected chi connectivity index (χ2v) is 16.8. The van der Waals surface area contributed by atoms with Gasteiger partial charge in [0, 0.05) is 0 Å². The molecule has 0 radical (unpaired) electrons. The summed E-state index contributed by atoms with van der Waals surface area (Å²) in [4.78, 5) is 0. The Labute approximate surface area is 325 Å². The third kappa shape index (κ3) is 30.7. The molecular weight excluding hydrogens is 872 g/mol. The fourth-order valence-electron chi connectivity index (χ4n) is 4.30. The maximum atomic E-state index is 8.49. The van der Waals surface area contributed by atoms with Crippen molar-refractivity contribution >= 4 is 37.1 Å². The van der Waals surface area contributed by atoms with Crippen LogP contribution in [0.3, 0.4) is 0 Å². The first kappa shape index (κ1) is 50.2. The number of allylic oxidation sites excluding steroid dienone is 4. The predicted molar refractivity (Wildman–Crippen MR) is 165 cm³/mol. The normalized spacial score (nSPS) is 13.7. The minimum atomic E-state index is -4.94. The molecule has 0 unspecified atom stereocenters. The summed E-state index contributed by atoms with van der Waals surface area (Å²) in [5, 5.41) is 5.89. The third-order valence-corrected chi connectivity index (χ3v) is 11.5. The van der Waals surface area contributed by atoms with Crippen molar-refractivity contribution in [3.63, 3.8) is 0 Å². The van der Waals surface area contributed by atoms with Crippen molar-refractivity contribution < 1.29 is 106 Å². The average molecular weight is 908 g/mol. The van der Waals surface area contributed by atoms with E-state index in [-0.39, 0.29) is 35.3 Å². The molecule has 0 N–H and O–H groups in total. The third-order valence-electron chi connectivity index (χ3n) is 6.15. The van der Waals surface area contributed by atoms with Crippen LogP contribution >= 0.6 is 15.8 Å². The van der Waals surface area contributed by atoms with Gasteiger partial charge in [0.15, 0.2) is 0 Å². The zero-order valence-electron chi connectivity index (χ0n) is 27.4. The summed E-state index contributed by atoms with van der Waals surface area (Å²) in [7, 11) is -15.5. The van der Waals surface area contributed by atoms with E-state index in [9.17, 15) is 0 Å². The fourth-order valence-corrected chi connectivity index (χ4v) is 9.66. The molecule has 0 bridgehead atoms. The number of benzene rings is 4. The smallest absolute Gasteiger partial charge is 0.222 e. The first-order valence-corrected chi connectivity index (χ1v) is 21.6.